The zero-order valence-electron chi connectivity index (χ0n) is 18.7. The van der Waals surface area contributed by atoms with Crippen molar-refractivity contribution in [2.45, 2.75) is 6.92 Å². The van der Waals surface area contributed by atoms with Crippen LogP contribution in [0.25, 0.3) is 0 Å². The summed E-state index contributed by atoms with van der Waals surface area (Å²) < 4.78 is 29.8. The number of nitrogens with zero attached hydrogens (tertiary/aromatic N) is 1. The van der Waals surface area contributed by atoms with Crippen LogP contribution in [0.5, 0.6) is 23.0 Å². The summed E-state index contributed by atoms with van der Waals surface area (Å²) in [6, 6.07) is 36.9. The molecule has 0 heterocycles. The van der Waals surface area contributed by atoms with E-state index in [1.54, 1.807) is 24.3 Å². The summed E-state index contributed by atoms with van der Waals surface area (Å²) in [6.45, 7) is 1.93. The number of hydrogen-bond donors (Lipinski definition) is 1. The van der Waals surface area contributed by atoms with Crippen LogP contribution in [0.1, 0.15) is 6.92 Å². The summed E-state index contributed by atoms with van der Waals surface area (Å²) >= 11 is 0. The van der Waals surface area contributed by atoms with Crippen molar-refractivity contribution in [3.8, 4) is 23.0 Å². The summed E-state index contributed by atoms with van der Waals surface area (Å²) in [6.07, 6.45) is 0.410. The highest BCUT2D eigenvalue weighted by Crippen LogP contribution is 2.63. The molecule has 0 aromatic heterocycles. The Hall–Kier alpha value is -3.46. The second-order valence-electron chi connectivity index (χ2n) is 7.18. The van der Waals surface area contributed by atoms with Crippen molar-refractivity contribution >= 4 is 15.2 Å². The van der Waals surface area contributed by atoms with Crippen molar-refractivity contribution in [2.24, 2.45) is 4.52 Å². The smallest absolute Gasteiger partial charge is 0.430 e. The lowest BCUT2D eigenvalue weighted by Gasteiger charge is -2.28. The molecule has 0 fully saturated rings. The van der Waals surface area contributed by atoms with Gasteiger partial charge in [0, 0.05) is 0 Å². The van der Waals surface area contributed by atoms with E-state index in [-0.39, 0.29) is 0 Å². The predicted octanol–water partition coefficient (Wildman–Crippen LogP) is 8.88. The molecular formula is C26H26N2O4P2. The molecule has 0 saturated heterocycles. The van der Waals surface area contributed by atoms with Crippen molar-refractivity contribution in [1.82, 2.24) is 0 Å². The quantitative estimate of drug-likeness (QED) is 0.224. The Morgan fingerprint density at radius 3 is 1.12 bits per heavy atom. The zero-order valence-corrected chi connectivity index (χ0v) is 20.5. The van der Waals surface area contributed by atoms with Crippen LogP contribution in [0, 0.1) is 5.16 Å². The van der Waals surface area contributed by atoms with Crippen LogP contribution in [0.4, 0.5) is 0 Å². The first-order chi connectivity index (χ1) is 16.6. The van der Waals surface area contributed by atoms with Crippen molar-refractivity contribution in [3.63, 3.8) is 0 Å². The number of para-hydroxylation sites is 4. The van der Waals surface area contributed by atoms with Crippen molar-refractivity contribution < 1.29 is 18.1 Å². The van der Waals surface area contributed by atoms with Gasteiger partial charge in [-0.15, -0.1) is 4.52 Å². The lowest BCUT2D eigenvalue weighted by atomic mass is 10.3. The highest BCUT2D eigenvalue weighted by Gasteiger charge is 2.33. The monoisotopic (exact) mass is 492 g/mol. The molecule has 0 spiro atoms. The van der Waals surface area contributed by atoms with Crippen LogP contribution in [0.2, 0.25) is 0 Å². The Morgan fingerprint density at radius 1 is 0.529 bits per heavy atom. The molecule has 0 atom stereocenters. The van der Waals surface area contributed by atoms with E-state index >= 15 is 0 Å². The second kappa shape index (κ2) is 11.1. The third kappa shape index (κ3) is 6.54. The normalized spacial score (nSPS) is 11.3. The third-order valence-corrected chi connectivity index (χ3v) is 9.32. The Morgan fingerprint density at radius 2 is 0.824 bits per heavy atom. The van der Waals surface area contributed by atoms with Gasteiger partial charge in [0.1, 0.15) is 23.0 Å². The van der Waals surface area contributed by atoms with Gasteiger partial charge in [0.2, 0.25) is 0 Å². The van der Waals surface area contributed by atoms with Gasteiger partial charge in [0.15, 0.2) is 0 Å². The average molecular weight is 492 g/mol. The maximum Gasteiger partial charge on any atom is 0.445 e. The van der Waals surface area contributed by atoms with E-state index in [9.17, 15) is 5.16 Å². The van der Waals surface area contributed by atoms with Crippen LogP contribution in [0.3, 0.4) is 0 Å². The number of hydrogen-bond acceptors (Lipinski definition) is 5. The average Bonchev–Trinajstić information content (AvgIpc) is 2.86. The summed E-state index contributed by atoms with van der Waals surface area (Å²) in [7, 11) is -6.73. The van der Waals surface area contributed by atoms with E-state index < -0.39 is 15.2 Å². The topological polar surface area (TPSA) is 73.1 Å². The Kier molecular flexibility index (Phi) is 7.74. The third-order valence-electron chi connectivity index (χ3n) is 4.58. The molecule has 34 heavy (non-hydrogen) atoms. The number of nitrogens with one attached hydrogen (secondary N) is 1. The van der Waals surface area contributed by atoms with Crippen molar-refractivity contribution in [3.05, 3.63) is 121 Å². The fourth-order valence-corrected chi connectivity index (χ4v) is 7.60. The van der Waals surface area contributed by atoms with Gasteiger partial charge in [-0.25, -0.2) is 5.16 Å². The maximum absolute atomic E-state index is 9.25. The van der Waals surface area contributed by atoms with Crippen molar-refractivity contribution in [1.29, 1.82) is 5.16 Å². The van der Waals surface area contributed by atoms with E-state index in [0.717, 1.165) is 0 Å². The van der Waals surface area contributed by atoms with Gasteiger partial charge < -0.3 is 18.1 Å². The van der Waals surface area contributed by atoms with Crippen LogP contribution in [-0.2, 0) is 0 Å². The van der Waals surface area contributed by atoms with Gasteiger partial charge in [-0.1, -0.05) is 79.7 Å². The first kappa shape index (κ1) is 23.7. The molecule has 0 aliphatic carbocycles. The van der Waals surface area contributed by atoms with E-state index in [1.807, 2.05) is 104 Å². The van der Waals surface area contributed by atoms with Crippen LogP contribution < -0.4 is 18.1 Å². The second-order valence-corrected chi connectivity index (χ2v) is 11.6. The summed E-state index contributed by atoms with van der Waals surface area (Å²) in [5.41, 5.74) is 0. The molecule has 1 N–H and O–H groups in total. The molecule has 0 bridgehead atoms. The van der Waals surface area contributed by atoms with Gasteiger partial charge >= 0.3 is 15.2 Å². The molecule has 174 valence electrons. The van der Waals surface area contributed by atoms with Crippen LogP contribution in [0.15, 0.2) is 126 Å². The van der Waals surface area contributed by atoms with Crippen molar-refractivity contribution in [2.75, 3.05) is 6.16 Å². The number of benzene rings is 4. The highest BCUT2D eigenvalue weighted by molar-refractivity contribution is 7.67. The molecule has 0 radical (unpaired) electrons. The Labute approximate surface area is 200 Å². The molecule has 6 nitrogen and oxygen atoms in total. The van der Waals surface area contributed by atoms with E-state index in [0.29, 0.717) is 29.2 Å². The zero-order chi connectivity index (χ0) is 23.7. The molecule has 0 aliphatic heterocycles. The fourth-order valence-electron chi connectivity index (χ4n) is 3.02. The maximum atomic E-state index is 9.25. The van der Waals surface area contributed by atoms with Gasteiger partial charge in [-0.2, -0.15) is 0 Å². The summed E-state index contributed by atoms with van der Waals surface area (Å²) in [5, 5.41) is 9.25. The lowest BCUT2D eigenvalue weighted by Crippen LogP contribution is -2.07. The first-order valence-electron chi connectivity index (χ1n) is 10.8. The SMILES string of the molecule is CCP(=NP(=N)(Oc1ccccc1)Oc1ccccc1)(Oc1ccccc1)Oc1ccccc1. The van der Waals surface area contributed by atoms with Gasteiger partial charge in [-0.05, 0) is 48.5 Å². The molecule has 4 rings (SSSR count). The molecule has 4 aromatic rings. The van der Waals surface area contributed by atoms with Gasteiger partial charge in [0.05, 0.1) is 6.16 Å². The standard InChI is InChI=1S/C26H26N2O4P2/c1-2-33(29-23-15-7-3-8-16-23,30-24-17-9-4-10-18-24)28-34(27,31-25-19-11-5-12-20-25)32-26-21-13-6-14-22-26/h3-22,27H,2H2,1H3. The van der Waals surface area contributed by atoms with E-state index in [2.05, 4.69) is 0 Å². The van der Waals surface area contributed by atoms with Gasteiger partial charge in [0.25, 0.3) is 0 Å². The van der Waals surface area contributed by atoms with Gasteiger partial charge in [-0.3, -0.25) is 0 Å². The minimum atomic E-state index is -3.65. The molecule has 0 amide bonds. The minimum absolute atomic E-state index is 0.410. The fraction of sp³-hybridized carbons (Fsp3) is 0.0769. The molecule has 8 heteroatoms. The van der Waals surface area contributed by atoms with E-state index in [4.69, 9.17) is 22.6 Å². The molecule has 0 unspecified atom stereocenters. The largest absolute Gasteiger partial charge is 0.445 e. The molecule has 0 aliphatic rings. The molecule has 0 saturated carbocycles. The summed E-state index contributed by atoms with van der Waals surface area (Å²) in [4.78, 5) is 0. The lowest BCUT2D eigenvalue weighted by molar-refractivity contribution is 0.458. The minimum Gasteiger partial charge on any atom is -0.430 e. The molecular weight excluding hydrogens is 466 g/mol. The van der Waals surface area contributed by atoms with Crippen LogP contribution >= 0.6 is 15.2 Å². The van der Waals surface area contributed by atoms with Crippen LogP contribution in [-0.4, -0.2) is 6.16 Å². The molecule has 4 aromatic carbocycles. The Balaban J connectivity index is 1.82. The number of rotatable bonds is 10. The predicted molar refractivity (Wildman–Crippen MR) is 138 cm³/mol. The Bertz CT molecular complexity index is 1180. The highest BCUT2D eigenvalue weighted by atomic mass is 31.2. The van der Waals surface area contributed by atoms with E-state index in [1.165, 1.54) is 0 Å². The summed E-state index contributed by atoms with van der Waals surface area (Å²) in [5.74, 6) is 2.17. The first-order valence-corrected chi connectivity index (χ1v) is 14.2.